The third kappa shape index (κ3) is 2.96. The van der Waals surface area contributed by atoms with Gasteiger partial charge in [0.1, 0.15) is 0 Å². The molecule has 0 aromatic heterocycles. The summed E-state index contributed by atoms with van der Waals surface area (Å²) in [5.74, 6) is 0. The largest absolute Gasteiger partial charge is 0.0892 e. The molecule has 0 aliphatic carbocycles. The standard InChI is InChI=1S/C13H19ClSi/c1-3-4-10-13(15,11(2)14)12-8-6-5-7-9-12/h5-9H,2-4,10H2,1,15H3. The van der Waals surface area contributed by atoms with Crippen LogP contribution in [0.2, 0.25) is 0 Å². The third-order valence-corrected chi connectivity index (χ3v) is 5.45. The lowest BCUT2D eigenvalue weighted by atomic mass is 9.92. The molecular formula is C13H19ClSi. The first kappa shape index (κ1) is 12.5. The Hall–Kier alpha value is -0.533. The Kier molecular flexibility index (Phi) is 4.62. The van der Waals surface area contributed by atoms with Crippen molar-refractivity contribution in [3.05, 3.63) is 47.5 Å². The minimum atomic E-state index is 0.0544. The van der Waals surface area contributed by atoms with E-state index >= 15 is 0 Å². The van der Waals surface area contributed by atoms with Crippen molar-refractivity contribution in [3.8, 4) is 0 Å². The van der Waals surface area contributed by atoms with E-state index in [0.29, 0.717) is 0 Å². The number of halogens is 1. The van der Waals surface area contributed by atoms with E-state index in [0.717, 1.165) is 21.7 Å². The van der Waals surface area contributed by atoms with Gasteiger partial charge in [0.25, 0.3) is 0 Å². The Balaban J connectivity index is 2.96. The Bertz CT molecular complexity index is 321. The van der Waals surface area contributed by atoms with Crippen molar-refractivity contribution >= 4 is 21.8 Å². The molecule has 1 aromatic carbocycles. The molecular weight excluding hydrogens is 220 g/mol. The fourth-order valence-corrected chi connectivity index (χ4v) is 2.66. The van der Waals surface area contributed by atoms with Crippen molar-refractivity contribution in [2.45, 2.75) is 31.2 Å². The second kappa shape index (κ2) is 5.52. The highest BCUT2D eigenvalue weighted by Crippen LogP contribution is 2.35. The molecule has 1 unspecified atom stereocenters. The Morgan fingerprint density at radius 3 is 2.47 bits per heavy atom. The van der Waals surface area contributed by atoms with Crippen molar-refractivity contribution in [2.24, 2.45) is 0 Å². The summed E-state index contributed by atoms with van der Waals surface area (Å²) in [6.07, 6.45) is 3.55. The maximum Gasteiger partial charge on any atom is 0.0229 e. The lowest BCUT2D eigenvalue weighted by Crippen LogP contribution is -2.26. The first-order chi connectivity index (χ1) is 7.11. The summed E-state index contributed by atoms with van der Waals surface area (Å²) in [5.41, 5.74) is 1.32. The third-order valence-electron chi connectivity index (χ3n) is 3.04. The van der Waals surface area contributed by atoms with Gasteiger partial charge in [-0.2, -0.15) is 0 Å². The normalized spacial score (nSPS) is 14.8. The molecule has 0 fully saturated rings. The van der Waals surface area contributed by atoms with Crippen LogP contribution < -0.4 is 0 Å². The smallest absolute Gasteiger partial charge is 0.0229 e. The van der Waals surface area contributed by atoms with Gasteiger partial charge < -0.3 is 0 Å². The molecule has 0 spiro atoms. The molecule has 15 heavy (non-hydrogen) atoms. The van der Waals surface area contributed by atoms with E-state index in [-0.39, 0.29) is 5.04 Å². The zero-order valence-corrected chi connectivity index (χ0v) is 12.3. The molecule has 0 nitrogen and oxygen atoms in total. The molecule has 0 saturated heterocycles. The van der Waals surface area contributed by atoms with Crippen LogP contribution in [-0.4, -0.2) is 10.2 Å². The van der Waals surface area contributed by atoms with Gasteiger partial charge in [0.2, 0.25) is 0 Å². The van der Waals surface area contributed by atoms with Crippen LogP contribution in [0.5, 0.6) is 0 Å². The van der Waals surface area contributed by atoms with E-state index in [2.05, 4.69) is 37.8 Å². The summed E-state index contributed by atoms with van der Waals surface area (Å²) in [6.45, 7) is 6.17. The molecule has 1 atom stereocenters. The zero-order valence-electron chi connectivity index (χ0n) is 9.59. The van der Waals surface area contributed by atoms with Gasteiger partial charge in [-0.3, -0.25) is 0 Å². The number of hydrogen-bond acceptors (Lipinski definition) is 0. The van der Waals surface area contributed by atoms with E-state index in [4.69, 9.17) is 11.6 Å². The van der Waals surface area contributed by atoms with E-state index < -0.39 is 0 Å². The van der Waals surface area contributed by atoms with Crippen LogP contribution in [0, 0.1) is 0 Å². The van der Waals surface area contributed by atoms with E-state index in [9.17, 15) is 0 Å². The van der Waals surface area contributed by atoms with Gasteiger partial charge in [0, 0.05) is 20.3 Å². The fourth-order valence-electron chi connectivity index (χ4n) is 1.77. The maximum absolute atomic E-state index is 6.20. The Labute approximate surface area is 101 Å². The van der Waals surface area contributed by atoms with Crippen LogP contribution in [0.4, 0.5) is 0 Å². The summed E-state index contributed by atoms with van der Waals surface area (Å²) >= 11 is 6.20. The quantitative estimate of drug-likeness (QED) is 0.692. The number of unbranched alkanes of at least 4 members (excludes halogenated alkanes) is 1. The summed E-state index contributed by atoms with van der Waals surface area (Å²) < 4.78 is 0. The van der Waals surface area contributed by atoms with Gasteiger partial charge in [-0.25, -0.2) is 0 Å². The highest BCUT2D eigenvalue weighted by atomic mass is 35.5. The van der Waals surface area contributed by atoms with Crippen LogP contribution in [0.1, 0.15) is 31.7 Å². The van der Waals surface area contributed by atoms with Gasteiger partial charge in [0.15, 0.2) is 0 Å². The molecule has 0 aliphatic rings. The molecule has 0 N–H and O–H groups in total. The first-order valence-electron chi connectivity index (χ1n) is 5.51. The average molecular weight is 239 g/mol. The fraction of sp³-hybridized carbons (Fsp3) is 0.385. The second-order valence-corrected chi connectivity index (χ2v) is 6.37. The summed E-state index contributed by atoms with van der Waals surface area (Å²) in [7, 11) is 1.02. The van der Waals surface area contributed by atoms with Crippen molar-refractivity contribution in [3.63, 3.8) is 0 Å². The highest BCUT2D eigenvalue weighted by molar-refractivity contribution is 6.36. The van der Waals surface area contributed by atoms with Crippen molar-refractivity contribution in [2.75, 3.05) is 0 Å². The van der Waals surface area contributed by atoms with E-state index in [1.54, 1.807) is 0 Å². The zero-order chi connectivity index (χ0) is 11.3. The number of hydrogen-bond donors (Lipinski definition) is 0. The molecule has 0 amide bonds. The van der Waals surface area contributed by atoms with Gasteiger partial charge in [-0.15, -0.1) is 0 Å². The number of rotatable bonds is 5. The lowest BCUT2D eigenvalue weighted by molar-refractivity contribution is 0.606. The first-order valence-corrected chi connectivity index (χ1v) is 6.89. The molecule has 1 aromatic rings. The molecule has 82 valence electrons. The predicted octanol–water partition coefficient (Wildman–Crippen LogP) is 3.19. The van der Waals surface area contributed by atoms with Crippen molar-refractivity contribution in [1.82, 2.24) is 0 Å². The van der Waals surface area contributed by atoms with E-state index in [1.807, 2.05) is 6.07 Å². The summed E-state index contributed by atoms with van der Waals surface area (Å²) in [6, 6.07) is 10.5. The molecule has 1 rings (SSSR count). The predicted molar refractivity (Wildman–Crippen MR) is 72.6 cm³/mol. The average Bonchev–Trinajstić information content (AvgIpc) is 2.27. The van der Waals surface area contributed by atoms with Gasteiger partial charge in [-0.05, 0) is 12.0 Å². The molecule has 0 aliphatic heterocycles. The number of allylic oxidation sites excluding steroid dienone is 1. The van der Waals surface area contributed by atoms with Crippen molar-refractivity contribution in [1.29, 1.82) is 0 Å². The van der Waals surface area contributed by atoms with E-state index in [1.165, 1.54) is 18.4 Å². The van der Waals surface area contributed by atoms with Crippen LogP contribution in [0.25, 0.3) is 0 Å². The topological polar surface area (TPSA) is 0 Å². The Morgan fingerprint density at radius 2 is 2.00 bits per heavy atom. The molecule has 0 heterocycles. The minimum absolute atomic E-state index is 0.0544. The van der Waals surface area contributed by atoms with Gasteiger partial charge in [0.05, 0.1) is 0 Å². The molecule has 0 saturated carbocycles. The van der Waals surface area contributed by atoms with Crippen molar-refractivity contribution < 1.29 is 0 Å². The highest BCUT2D eigenvalue weighted by Gasteiger charge is 2.27. The van der Waals surface area contributed by atoms with Gasteiger partial charge in [-0.1, -0.05) is 68.3 Å². The van der Waals surface area contributed by atoms with Crippen LogP contribution >= 0.6 is 11.6 Å². The van der Waals surface area contributed by atoms with Crippen LogP contribution in [-0.2, 0) is 5.04 Å². The summed E-state index contributed by atoms with van der Waals surface area (Å²) in [5, 5.41) is 0.854. The molecule has 2 heteroatoms. The molecule has 0 bridgehead atoms. The van der Waals surface area contributed by atoms with Crippen LogP contribution in [0.15, 0.2) is 41.9 Å². The van der Waals surface area contributed by atoms with Crippen LogP contribution in [0.3, 0.4) is 0 Å². The maximum atomic E-state index is 6.20. The number of benzene rings is 1. The SMILES string of the molecule is C=C(Cl)C([SiH3])(CCCC)c1ccccc1. The molecule has 0 radical (unpaired) electrons. The lowest BCUT2D eigenvalue weighted by Gasteiger charge is -2.29. The minimum Gasteiger partial charge on any atom is -0.0892 e. The second-order valence-electron chi connectivity index (χ2n) is 4.21. The summed E-state index contributed by atoms with van der Waals surface area (Å²) in [4.78, 5) is 0. The monoisotopic (exact) mass is 238 g/mol. The Morgan fingerprint density at radius 1 is 1.40 bits per heavy atom. The van der Waals surface area contributed by atoms with Gasteiger partial charge >= 0.3 is 0 Å².